The van der Waals surface area contributed by atoms with Crippen molar-refractivity contribution in [1.29, 1.82) is 5.26 Å². The lowest BCUT2D eigenvalue weighted by Crippen LogP contribution is -2.45. The van der Waals surface area contributed by atoms with Crippen molar-refractivity contribution in [1.82, 2.24) is 9.97 Å². The standard InChI is InChI=1S/C19H24N6O2/c1-3-4-9-27-19-23-17(21)16-18(24-19)25(11-15(26)22-16)12(2)14-7-5-13(10-20)6-8-14/h5,7-8,12-13H,3-4,6,9,11H2,1-2H3,(H,22,26)(H2,21,23,24). The van der Waals surface area contributed by atoms with Gasteiger partial charge in [-0.2, -0.15) is 15.2 Å². The Balaban J connectivity index is 1.89. The minimum Gasteiger partial charge on any atom is -0.463 e. The average molecular weight is 368 g/mol. The van der Waals surface area contributed by atoms with Gasteiger partial charge in [-0.1, -0.05) is 31.6 Å². The molecule has 0 aromatic carbocycles. The van der Waals surface area contributed by atoms with Crippen LogP contribution in [0.25, 0.3) is 0 Å². The fraction of sp³-hybridized carbons (Fsp3) is 0.474. The highest BCUT2D eigenvalue weighted by Gasteiger charge is 2.31. The number of nitrogens with one attached hydrogen (secondary N) is 1. The average Bonchev–Trinajstić information content (AvgIpc) is 2.68. The van der Waals surface area contributed by atoms with Crippen LogP contribution in [0.2, 0.25) is 0 Å². The Morgan fingerprint density at radius 2 is 2.33 bits per heavy atom. The molecule has 0 bridgehead atoms. The molecular weight excluding hydrogens is 344 g/mol. The number of carbonyl (C=O) groups is 1. The number of ether oxygens (including phenoxy) is 1. The third-order valence-electron chi connectivity index (χ3n) is 4.72. The second-order valence-electron chi connectivity index (χ2n) is 6.68. The summed E-state index contributed by atoms with van der Waals surface area (Å²) in [5.74, 6) is 0.473. The van der Waals surface area contributed by atoms with Crippen LogP contribution in [0, 0.1) is 17.2 Å². The summed E-state index contributed by atoms with van der Waals surface area (Å²) in [6.45, 7) is 4.75. The van der Waals surface area contributed by atoms with Crippen LogP contribution in [0.3, 0.4) is 0 Å². The number of allylic oxidation sites excluding steroid dienone is 2. The van der Waals surface area contributed by atoms with Crippen molar-refractivity contribution in [3.05, 3.63) is 23.8 Å². The van der Waals surface area contributed by atoms with Gasteiger partial charge in [0.15, 0.2) is 11.6 Å². The quantitative estimate of drug-likeness (QED) is 0.740. The summed E-state index contributed by atoms with van der Waals surface area (Å²) in [6.07, 6.45) is 8.44. The van der Waals surface area contributed by atoms with E-state index < -0.39 is 0 Å². The molecule has 1 aliphatic heterocycles. The molecule has 2 aliphatic rings. The van der Waals surface area contributed by atoms with Gasteiger partial charge in [-0.3, -0.25) is 4.79 Å². The zero-order valence-corrected chi connectivity index (χ0v) is 15.6. The van der Waals surface area contributed by atoms with Gasteiger partial charge in [0.25, 0.3) is 0 Å². The summed E-state index contributed by atoms with van der Waals surface area (Å²) >= 11 is 0. The summed E-state index contributed by atoms with van der Waals surface area (Å²) in [5.41, 5.74) is 7.50. The number of nitriles is 1. The lowest BCUT2D eigenvalue weighted by Gasteiger charge is -2.36. The van der Waals surface area contributed by atoms with Crippen molar-refractivity contribution in [3.8, 4) is 12.1 Å². The number of anilines is 3. The molecule has 1 amide bonds. The van der Waals surface area contributed by atoms with Crippen molar-refractivity contribution in [2.75, 3.05) is 29.1 Å². The van der Waals surface area contributed by atoms with E-state index in [1.807, 2.05) is 30.1 Å². The normalized spacial score (nSPS) is 19.6. The summed E-state index contributed by atoms with van der Waals surface area (Å²) in [4.78, 5) is 22.7. The molecule has 0 saturated heterocycles. The van der Waals surface area contributed by atoms with Crippen LogP contribution < -0.4 is 20.7 Å². The lowest BCUT2D eigenvalue weighted by molar-refractivity contribution is -0.115. The van der Waals surface area contributed by atoms with Gasteiger partial charge in [0.2, 0.25) is 5.91 Å². The van der Waals surface area contributed by atoms with Crippen LogP contribution in [0.1, 0.15) is 33.1 Å². The first-order valence-electron chi connectivity index (χ1n) is 9.18. The highest BCUT2D eigenvalue weighted by atomic mass is 16.5. The van der Waals surface area contributed by atoms with Crippen LogP contribution >= 0.6 is 0 Å². The van der Waals surface area contributed by atoms with Crippen LogP contribution in [-0.2, 0) is 4.79 Å². The maximum Gasteiger partial charge on any atom is 0.320 e. The van der Waals surface area contributed by atoms with E-state index in [2.05, 4.69) is 28.3 Å². The molecule has 1 aromatic rings. The number of nitrogens with two attached hydrogens (primary N) is 1. The summed E-state index contributed by atoms with van der Waals surface area (Å²) in [5, 5.41) is 11.8. The molecule has 0 spiro atoms. The number of hydrogen-bond donors (Lipinski definition) is 2. The maximum atomic E-state index is 12.2. The highest BCUT2D eigenvalue weighted by molar-refractivity contribution is 6.03. The van der Waals surface area contributed by atoms with Crippen molar-refractivity contribution < 1.29 is 9.53 Å². The minimum absolute atomic E-state index is 0.102. The van der Waals surface area contributed by atoms with Crippen LogP contribution in [0.15, 0.2) is 23.8 Å². The predicted molar refractivity (Wildman–Crippen MR) is 103 cm³/mol. The van der Waals surface area contributed by atoms with E-state index in [9.17, 15) is 4.79 Å². The molecule has 2 unspecified atom stereocenters. The zero-order valence-electron chi connectivity index (χ0n) is 15.6. The number of carbonyl (C=O) groups excluding carboxylic acids is 1. The number of nitrogen functional groups attached to an aromatic ring is 1. The number of rotatable bonds is 6. The van der Waals surface area contributed by atoms with Gasteiger partial charge >= 0.3 is 6.01 Å². The van der Waals surface area contributed by atoms with E-state index in [-0.39, 0.29) is 36.2 Å². The van der Waals surface area contributed by atoms with Crippen molar-refractivity contribution in [2.45, 2.75) is 39.2 Å². The molecule has 2 heterocycles. The van der Waals surface area contributed by atoms with Crippen molar-refractivity contribution >= 4 is 23.2 Å². The minimum atomic E-state index is -0.167. The van der Waals surface area contributed by atoms with E-state index in [0.29, 0.717) is 24.5 Å². The second-order valence-corrected chi connectivity index (χ2v) is 6.68. The Labute approximate surface area is 158 Å². The van der Waals surface area contributed by atoms with E-state index >= 15 is 0 Å². The fourth-order valence-corrected chi connectivity index (χ4v) is 3.10. The van der Waals surface area contributed by atoms with Crippen molar-refractivity contribution in [3.63, 3.8) is 0 Å². The number of aromatic nitrogens is 2. The molecule has 1 aromatic heterocycles. The molecule has 0 radical (unpaired) electrons. The SMILES string of the molecule is CCCCOc1nc(N)c2c(n1)N(C(C)C1=CCC(C#N)C=C1)CC(=O)N2. The van der Waals surface area contributed by atoms with E-state index in [1.54, 1.807) is 0 Å². The molecular formula is C19H24N6O2. The Bertz CT molecular complexity index is 826. The molecule has 8 nitrogen and oxygen atoms in total. The fourth-order valence-electron chi connectivity index (χ4n) is 3.10. The summed E-state index contributed by atoms with van der Waals surface area (Å²) in [6, 6.07) is 2.35. The first-order chi connectivity index (χ1) is 13.0. The van der Waals surface area contributed by atoms with E-state index in [0.717, 1.165) is 18.4 Å². The highest BCUT2D eigenvalue weighted by Crippen LogP contribution is 2.36. The topological polar surface area (TPSA) is 117 Å². The summed E-state index contributed by atoms with van der Waals surface area (Å²) < 4.78 is 5.62. The molecule has 0 saturated carbocycles. The molecule has 3 rings (SSSR count). The Kier molecular flexibility index (Phi) is 5.60. The summed E-state index contributed by atoms with van der Waals surface area (Å²) in [7, 11) is 0. The smallest absolute Gasteiger partial charge is 0.320 e. The lowest BCUT2D eigenvalue weighted by atomic mass is 9.94. The number of nitrogens with zero attached hydrogens (tertiary/aromatic N) is 4. The van der Waals surface area contributed by atoms with Gasteiger partial charge in [-0.15, -0.1) is 0 Å². The third-order valence-corrected chi connectivity index (χ3v) is 4.72. The Hall–Kier alpha value is -3.08. The van der Waals surface area contributed by atoms with Crippen molar-refractivity contribution in [2.24, 2.45) is 5.92 Å². The van der Waals surface area contributed by atoms with Gasteiger partial charge in [0.05, 0.1) is 31.2 Å². The molecule has 1 aliphatic carbocycles. The van der Waals surface area contributed by atoms with Gasteiger partial charge < -0.3 is 20.7 Å². The molecule has 142 valence electrons. The Morgan fingerprint density at radius 3 is 3.00 bits per heavy atom. The first kappa shape index (κ1) is 18.7. The third kappa shape index (κ3) is 4.03. The van der Waals surface area contributed by atoms with Gasteiger partial charge in [0.1, 0.15) is 5.69 Å². The largest absolute Gasteiger partial charge is 0.463 e. The van der Waals surface area contributed by atoms with E-state index in [1.165, 1.54) is 0 Å². The van der Waals surface area contributed by atoms with Crippen LogP contribution in [0.4, 0.5) is 17.3 Å². The Morgan fingerprint density at radius 1 is 1.52 bits per heavy atom. The first-order valence-corrected chi connectivity index (χ1v) is 9.18. The monoisotopic (exact) mass is 368 g/mol. The molecule has 2 atom stereocenters. The molecule has 8 heteroatoms. The van der Waals surface area contributed by atoms with Crippen LogP contribution in [0.5, 0.6) is 6.01 Å². The molecule has 0 fully saturated rings. The number of hydrogen-bond acceptors (Lipinski definition) is 7. The van der Waals surface area contributed by atoms with Gasteiger partial charge in [-0.25, -0.2) is 0 Å². The molecule has 27 heavy (non-hydrogen) atoms. The van der Waals surface area contributed by atoms with E-state index in [4.69, 9.17) is 15.7 Å². The van der Waals surface area contributed by atoms with Gasteiger partial charge in [-0.05, 0) is 25.3 Å². The van der Waals surface area contributed by atoms with Gasteiger partial charge in [0, 0.05) is 0 Å². The predicted octanol–water partition coefficient (Wildman–Crippen LogP) is 2.41. The number of amides is 1. The second kappa shape index (κ2) is 8.08. The zero-order chi connectivity index (χ0) is 19.4. The number of unbranched alkanes of at least 4 members (excludes halogenated alkanes) is 1. The maximum absolute atomic E-state index is 12.2. The molecule has 3 N–H and O–H groups in total. The number of fused-ring (bicyclic) bond motifs is 1. The van der Waals surface area contributed by atoms with Crippen LogP contribution in [-0.4, -0.2) is 35.1 Å².